The quantitative estimate of drug-likeness (QED) is 0.735. The first-order valence-corrected chi connectivity index (χ1v) is 10.7. The zero-order valence-corrected chi connectivity index (χ0v) is 16.1. The van der Waals surface area contributed by atoms with E-state index in [1.165, 1.54) is 18.0 Å². The van der Waals surface area contributed by atoms with Crippen molar-refractivity contribution in [3.8, 4) is 5.88 Å². The molecular weight excluding hydrogens is 362 g/mol. The minimum Gasteiger partial charge on any atom is -0.467 e. The molecule has 5 aliphatic carbocycles. The summed E-state index contributed by atoms with van der Waals surface area (Å²) >= 11 is 1.30. The van der Waals surface area contributed by atoms with Crippen molar-refractivity contribution >= 4 is 23.3 Å². The summed E-state index contributed by atoms with van der Waals surface area (Å²) in [5.41, 5.74) is -0.218. The Balaban J connectivity index is 1.08. The van der Waals surface area contributed by atoms with Gasteiger partial charge in [-0.3, -0.25) is 9.59 Å². The molecule has 27 heavy (non-hydrogen) atoms. The zero-order chi connectivity index (χ0) is 18.5. The molecule has 3 atom stereocenters. The SMILES string of the molecule is O=C(COc1ccsn1)NC12CC(NC(=O)[C@H]3C[C@H]4C=CC[C@H](C4)C3)(C1)C2. The summed E-state index contributed by atoms with van der Waals surface area (Å²) in [6, 6.07) is 1.75. The van der Waals surface area contributed by atoms with E-state index >= 15 is 0 Å². The maximum absolute atomic E-state index is 12.8. The van der Waals surface area contributed by atoms with Gasteiger partial charge in [-0.1, -0.05) is 12.2 Å². The van der Waals surface area contributed by atoms with E-state index in [2.05, 4.69) is 27.2 Å². The Kier molecular flexibility index (Phi) is 4.04. The van der Waals surface area contributed by atoms with Crippen molar-refractivity contribution < 1.29 is 14.3 Å². The fraction of sp³-hybridized carbons (Fsp3) is 0.650. The van der Waals surface area contributed by atoms with Crippen LogP contribution in [0, 0.1) is 17.8 Å². The molecule has 144 valence electrons. The summed E-state index contributed by atoms with van der Waals surface area (Å²) in [6.07, 6.45) is 11.5. The number of carbonyl (C=O) groups excluding carboxylic acids is 2. The first kappa shape index (κ1) is 17.2. The van der Waals surface area contributed by atoms with Crippen LogP contribution in [0.2, 0.25) is 0 Å². The molecule has 0 aromatic carbocycles. The Labute approximate surface area is 162 Å². The van der Waals surface area contributed by atoms with E-state index in [0.717, 1.165) is 38.5 Å². The molecule has 0 unspecified atom stereocenters. The maximum Gasteiger partial charge on any atom is 0.258 e. The number of carbonyl (C=O) groups is 2. The summed E-state index contributed by atoms with van der Waals surface area (Å²) in [4.78, 5) is 24.9. The van der Waals surface area contributed by atoms with E-state index in [0.29, 0.717) is 17.7 Å². The highest BCUT2D eigenvalue weighted by Crippen LogP contribution is 2.60. The van der Waals surface area contributed by atoms with E-state index < -0.39 is 0 Å². The fourth-order valence-electron chi connectivity index (χ4n) is 5.68. The van der Waals surface area contributed by atoms with Crippen LogP contribution in [0.4, 0.5) is 0 Å². The molecule has 2 amide bonds. The molecule has 2 N–H and O–H groups in total. The van der Waals surface area contributed by atoms with Crippen molar-refractivity contribution in [3.05, 3.63) is 23.6 Å². The largest absolute Gasteiger partial charge is 0.467 e. The summed E-state index contributed by atoms with van der Waals surface area (Å²) in [6.45, 7) is -0.0107. The summed E-state index contributed by atoms with van der Waals surface area (Å²) in [5, 5.41) is 8.21. The van der Waals surface area contributed by atoms with E-state index in [-0.39, 0.29) is 35.4 Å². The van der Waals surface area contributed by atoms with E-state index in [1.807, 2.05) is 5.38 Å². The predicted molar refractivity (Wildman–Crippen MR) is 101 cm³/mol. The summed E-state index contributed by atoms with van der Waals surface area (Å²) < 4.78 is 9.38. The van der Waals surface area contributed by atoms with Gasteiger partial charge in [0.05, 0.1) is 0 Å². The molecule has 1 heterocycles. The monoisotopic (exact) mass is 387 g/mol. The number of hydrogen-bond donors (Lipinski definition) is 2. The number of rotatable bonds is 6. The standard InChI is InChI=1S/C20H25N3O3S/c24-16(9-26-17-4-5-27-23-17)21-19-10-20(11-19,12-19)22-18(25)15-7-13-2-1-3-14(6-13)8-15/h1-2,4-5,13-15H,3,6-12H2,(H,21,24)(H,22,25)/t13-,14+,15-,19?,20?/m0/s1. The summed E-state index contributed by atoms with van der Waals surface area (Å²) in [7, 11) is 0. The molecule has 0 aliphatic heterocycles. The van der Waals surface area contributed by atoms with Crippen LogP contribution >= 0.6 is 11.5 Å². The predicted octanol–water partition coefficient (Wildman–Crippen LogP) is 2.42. The maximum atomic E-state index is 12.8. The third kappa shape index (κ3) is 3.26. The van der Waals surface area contributed by atoms with E-state index in [9.17, 15) is 9.59 Å². The van der Waals surface area contributed by atoms with Crippen molar-refractivity contribution in [2.45, 2.75) is 56.0 Å². The first-order valence-electron chi connectivity index (χ1n) is 9.86. The average Bonchev–Trinajstić information content (AvgIpc) is 3.10. The van der Waals surface area contributed by atoms with Gasteiger partial charge in [-0.15, -0.1) is 0 Å². The summed E-state index contributed by atoms with van der Waals surface area (Å²) in [5.74, 6) is 2.03. The molecule has 5 aliphatic rings. The van der Waals surface area contributed by atoms with Crippen LogP contribution in [0.1, 0.15) is 44.9 Å². The van der Waals surface area contributed by atoms with Crippen molar-refractivity contribution in [1.82, 2.24) is 15.0 Å². The number of allylic oxidation sites excluding steroid dienone is 2. The van der Waals surface area contributed by atoms with Crippen molar-refractivity contribution in [2.24, 2.45) is 17.8 Å². The second-order valence-electron chi connectivity index (χ2n) is 8.95. The number of ether oxygens (including phenoxy) is 1. The molecule has 0 saturated heterocycles. The molecule has 4 fully saturated rings. The lowest BCUT2D eigenvalue weighted by Crippen LogP contribution is -2.84. The molecule has 1 aromatic heterocycles. The fourth-order valence-corrected chi connectivity index (χ4v) is 6.13. The van der Waals surface area contributed by atoms with Gasteiger partial charge >= 0.3 is 0 Å². The second-order valence-corrected chi connectivity index (χ2v) is 9.61. The van der Waals surface area contributed by atoms with Gasteiger partial charge in [-0.25, -0.2) is 0 Å². The molecule has 7 heteroatoms. The molecule has 1 aromatic rings. The number of fused-ring (bicyclic) bond motifs is 2. The normalized spacial score (nSPS) is 38.3. The molecule has 6 rings (SSSR count). The Bertz CT molecular complexity index is 756. The van der Waals surface area contributed by atoms with Crippen LogP contribution in [0.25, 0.3) is 0 Å². The smallest absolute Gasteiger partial charge is 0.258 e. The minimum absolute atomic E-state index is 0.0107. The molecule has 4 saturated carbocycles. The Morgan fingerprint density at radius 3 is 2.74 bits per heavy atom. The van der Waals surface area contributed by atoms with Crippen molar-refractivity contribution in [1.29, 1.82) is 0 Å². The van der Waals surface area contributed by atoms with Gasteiger partial charge in [-0.05, 0) is 68.3 Å². The third-order valence-electron chi connectivity index (χ3n) is 6.68. The second kappa shape index (κ2) is 6.33. The molecule has 4 bridgehead atoms. The van der Waals surface area contributed by atoms with Gasteiger partial charge in [0.15, 0.2) is 6.61 Å². The number of nitrogens with one attached hydrogen (secondary N) is 2. The van der Waals surface area contributed by atoms with Crippen LogP contribution in [-0.4, -0.2) is 33.9 Å². The molecule has 0 radical (unpaired) electrons. The van der Waals surface area contributed by atoms with Gasteiger partial charge in [0, 0.05) is 28.4 Å². The zero-order valence-electron chi connectivity index (χ0n) is 15.3. The molecule has 0 spiro atoms. The highest BCUT2D eigenvalue weighted by Gasteiger charge is 2.69. The van der Waals surface area contributed by atoms with Crippen LogP contribution in [0.3, 0.4) is 0 Å². The Morgan fingerprint density at radius 2 is 2.00 bits per heavy atom. The number of amides is 2. The number of hydrogen-bond acceptors (Lipinski definition) is 5. The van der Waals surface area contributed by atoms with Gasteiger partial charge in [0.25, 0.3) is 5.91 Å². The topological polar surface area (TPSA) is 80.3 Å². The average molecular weight is 388 g/mol. The molecular formula is C20H25N3O3S. The lowest BCUT2D eigenvalue weighted by Gasteiger charge is -2.70. The molecule has 6 nitrogen and oxygen atoms in total. The van der Waals surface area contributed by atoms with Crippen molar-refractivity contribution in [3.63, 3.8) is 0 Å². The minimum atomic E-state index is -0.137. The van der Waals surface area contributed by atoms with Gasteiger partial charge in [0.1, 0.15) is 0 Å². The first-order chi connectivity index (χ1) is 13.0. The number of aromatic nitrogens is 1. The van der Waals surface area contributed by atoms with E-state index in [1.54, 1.807) is 6.07 Å². The van der Waals surface area contributed by atoms with Crippen LogP contribution in [-0.2, 0) is 9.59 Å². The highest BCUT2D eigenvalue weighted by atomic mass is 32.1. The van der Waals surface area contributed by atoms with Crippen LogP contribution in [0.5, 0.6) is 5.88 Å². The van der Waals surface area contributed by atoms with Crippen molar-refractivity contribution in [2.75, 3.05) is 6.61 Å². The van der Waals surface area contributed by atoms with Crippen LogP contribution < -0.4 is 15.4 Å². The highest BCUT2D eigenvalue weighted by molar-refractivity contribution is 7.03. The van der Waals surface area contributed by atoms with Gasteiger partial charge in [0.2, 0.25) is 11.8 Å². The lowest BCUT2D eigenvalue weighted by molar-refractivity contribution is -0.153. The number of nitrogens with zero attached hydrogens (tertiary/aromatic N) is 1. The van der Waals surface area contributed by atoms with Gasteiger partial charge in [-0.2, -0.15) is 4.37 Å². The van der Waals surface area contributed by atoms with Crippen LogP contribution in [0.15, 0.2) is 23.6 Å². The lowest BCUT2D eigenvalue weighted by atomic mass is 9.44. The Morgan fingerprint density at radius 1 is 1.19 bits per heavy atom. The Hall–Kier alpha value is -1.89. The van der Waals surface area contributed by atoms with E-state index in [4.69, 9.17) is 4.74 Å². The van der Waals surface area contributed by atoms with Gasteiger partial charge < -0.3 is 15.4 Å². The third-order valence-corrected chi connectivity index (χ3v) is 7.22.